The normalized spacial score (nSPS) is 12.0. The maximum Gasteiger partial charge on any atom is 0.339 e. The largest absolute Gasteiger partial charge is 0.493 e. The van der Waals surface area contributed by atoms with Gasteiger partial charge in [-0.15, -0.1) is 0 Å². The second-order valence-corrected chi connectivity index (χ2v) is 7.35. The molecule has 2 rings (SSSR count). The van der Waals surface area contributed by atoms with E-state index in [1.54, 1.807) is 16.9 Å². The molecule has 9 heteroatoms. The molecule has 1 amide bonds. The van der Waals surface area contributed by atoms with Gasteiger partial charge in [-0.1, -0.05) is 11.6 Å². The van der Waals surface area contributed by atoms with Crippen LogP contribution in [0.2, 0.25) is 5.02 Å². The monoisotopic (exact) mass is 423 g/mol. The van der Waals surface area contributed by atoms with E-state index in [0.717, 1.165) is 0 Å². The molecule has 1 aromatic carbocycles. The van der Waals surface area contributed by atoms with Crippen LogP contribution in [-0.4, -0.2) is 41.0 Å². The lowest BCUT2D eigenvalue weighted by molar-refractivity contribution is -0.123. The molecule has 0 saturated carbocycles. The first kappa shape index (κ1) is 22.5. The average Bonchev–Trinajstić information content (AvgIpc) is 3.11. The number of hydrogen-bond donors (Lipinski definition) is 1. The van der Waals surface area contributed by atoms with E-state index in [9.17, 15) is 9.59 Å². The molecule has 0 spiro atoms. The van der Waals surface area contributed by atoms with Gasteiger partial charge in [0.15, 0.2) is 17.6 Å². The van der Waals surface area contributed by atoms with Gasteiger partial charge in [0.2, 0.25) is 0 Å². The summed E-state index contributed by atoms with van der Waals surface area (Å²) in [4.78, 5) is 24.9. The Labute approximate surface area is 175 Å². The Morgan fingerprint density at radius 1 is 1.17 bits per heavy atom. The van der Waals surface area contributed by atoms with Crippen molar-refractivity contribution >= 4 is 29.3 Å². The van der Waals surface area contributed by atoms with Crippen LogP contribution in [0.5, 0.6) is 11.5 Å². The van der Waals surface area contributed by atoms with Gasteiger partial charge in [-0.3, -0.25) is 4.79 Å². The lowest BCUT2D eigenvalue weighted by Crippen LogP contribution is -2.31. The summed E-state index contributed by atoms with van der Waals surface area (Å²) in [5, 5.41) is 7.07. The highest BCUT2D eigenvalue weighted by molar-refractivity contribution is 6.32. The van der Waals surface area contributed by atoms with Crippen molar-refractivity contribution in [3.8, 4) is 11.5 Å². The van der Waals surface area contributed by atoms with E-state index in [4.69, 9.17) is 25.8 Å². The molecule has 0 unspecified atom stereocenters. The number of ether oxygens (including phenoxy) is 3. The zero-order valence-corrected chi connectivity index (χ0v) is 18.1. The van der Waals surface area contributed by atoms with Gasteiger partial charge < -0.3 is 19.5 Å². The number of amides is 1. The zero-order chi connectivity index (χ0) is 21.7. The summed E-state index contributed by atoms with van der Waals surface area (Å²) in [6.07, 6.45) is 0.429. The minimum absolute atomic E-state index is 0.0688. The molecule has 0 bridgehead atoms. The molecule has 1 atom stereocenters. The Hall–Kier alpha value is -2.74. The number of hydrogen-bond acceptors (Lipinski definition) is 6. The Bertz CT molecular complexity index is 879. The molecule has 1 aromatic heterocycles. The van der Waals surface area contributed by atoms with Gasteiger partial charge in [-0.2, -0.15) is 5.10 Å². The van der Waals surface area contributed by atoms with E-state index < -0.39 is 18.0 Å². The minimum Gasteiger partial charge on any atom is -0.493 e. The van der Waals surface area contributed by atoms with Gasteiger partial charge in [0, 0.05) is 12.1 Å². The summed E-state index contributed by atoms with van der Waals surface area (Å²) in [7, 11) is 1.45. The van der Waals surface area contributed by atoms with E-state index in [2.05, 4.69) is 10.4 Å². The molecule has 0 aliphatic rings. The second-order valence-electron chi connectivity index (χ2n) is 6.95. The van der Waals surface area contributed by atoms with Crippen LogP contribution in [0.25, 0.3) is 0 Å². The number of nitrogens with one attached hydrogen (secondary N) is 1. The molecular formula is C20H26ClN3O5. The molecule has 158 valence electrons. The number of aromatic nitrogens is 2. The summed E-state index contributed by atoms with van der Waals surface area (Å²) < 4.78 is 17.8. The van der Waals surface area contributed by atoms with E-state index >= 15 is 0 Å². The smallest absolute Gasteiger partial charge is 0.339 e. The van der Waals surface area contributed by atoms with Gasteiger partial charge in [0.05, 0.1) is 30.0 Å². The minimum atomic E-state index is -1.03. The number of nitrogens with zero attached hydrogens (tertiary/aromatic N) is 2. The fourth-order valence-corrected chi connectivity index (χ4v) is 2.78. The first-order valence-electron chi connectivity index (χ1n) is 9.23. The van der Waals surface area contributed by atoms with Crippen LogP contribution in [0.4, 0.5) is 5.82 Å². The van der Waals surface area contributed by atoms with Gasteiger partial charge >= 0.3 is 5.97 Å². The maximum absolute atomic E-state index is 12.5. The number of anilines is 1. The first-order valence-corrected chi connectivity index (χ1v) is 9.61. The second kappa shape index (κ2) is 9.65. The fraction of sp³-hybridized carbons (Fsp3) is 0.450. The number of rotatable bonds is 8. The van der Waals surface area contributed by atoms with Gasteiger partial charge in [-0.05, 0) is 46.8 Å². The number of carbonyl (C=O) groups excluding carboxylic acids is 2. The number of carbonyl (C=O) groups is 2. The van der Waals surface area contributed by atoms with Crippen molar-refractivity contribution in [2.75, 3.05) is 12.4 Å². The van der Waals surface area contributed by atoms with Crippen molar-refractivity contribution in [1.29, 1.82) is 0 Å². The van der Waals surface area contributed by atoms with Crippen LogP contribution in [0.15, 0.2) is 24.4 Å². The van der Waals surface area contributed by atoms with Crippen LogP contribution in [-0.2, 0) is 9.53 Å². The molecule has 1 N–H and O–H groups in total. The molecule has 1 heterocycles. The molecule has 0 aliphatic carbocycles. The zero-order valence-electron chi connectivity index (χ0n) is 17.4. The number of methoxy groups -OCH3 is 1. The van der Waals surface area contributed by atoms with Gasteiger partial charge in [0.1, 0.15) is 5.82 Å². The molecular weight excluding hydrogens is 398 g/mol. The van der Waals surface area contributed by atoms with E-state index in [1.165, 1.54) is 26.2 Å². The maximum atomic E-state index is 12.5. The summed E-state index contributed by atoms with van der Waals surface area (Å²) in [5.74, 6) is -0.0165. The topological polar surface area (TPSA) is 91.7 Å². The van der Waals surface area contributed by atoms with Crippen molar-refractivity contribution in [1.82, 2.24) is 9.78 Å². The lowest BCUT2D eigenvalue weighted by Gasteiger charge is -2.18. The SMILES string of the molecule is COc1cc(C(=O)O[C@@H](C)C(=O)Nc2ccnn2C(C)C)cc(Cl)c1OC(C)C. The Balaban J connectivity index is 2.11. The lowest BCUT2D eigenvalue weighted by atomic mass is 10.2. The third-order valence-corrected chi connectivity index (χ3v) is 4.16. The molecule has 0 aliphatic heterocycles. The Kier molecular flexibility index (Phi) is 7.50. The van der Waals surface area contributed by atoms with Crippen molar-refractivity contribution in [3.05, 3.63) is 35.0 Å². The molecule has 0 radical (unpaired) electrons. The Morgan fingerprint density at radius 2 is 1.86 bits per heavy atom. The summed E-state index contributed by atoms with van der Waals surface area (Å²) in [5.41, 5.74) is 0.148. The summed E-state index contributed by atoms with van der Waals surface area (Å²) in [6, 6.07) is 4.62. The highest BCUT2D eigenvalue weighted by Crippen LogP contribution is 2.37. The van der Waals surface area contributed by atoms with E-state index in [0.29, 0.717) is 17.3 Å². The number of halogens is 1. The van der Waals surface area contributed by atoms with Crippen molar-refractivity contribution in [3.63, 3.8) is 0 Å². The van der Waals surface area contributed by atoms with Crippen LogP contribution >= 0.6 is 11.6 Å². The first-order chi connectivity index (χ1) is 13.6. The van der Waals surface area contributed by atoms with Crippen LogP contribution < -0.4 is 14.8 Å². The number of esters is 1. The third-order valence-electron chi connectivity index (χ3n) is 3.88. The fourth-order valence-electron chi connectivity index (χ4n) is 2.52. The highest BCUT2D eigenvalue weighted by Gasteiger charge is 2.23. The van der Waals surface area contributed by atoms with Crippen molar-refractivity contribution in [2.45, 2.75) is 52.9 Å². The average molecular weight is 424 g/mol. The number of benzene rings is 1. The molecule has 0 fully saturated rings. The van der Waals surface area contributed by atoms with Crippen LogP contribution in [0, 0.1) is 0 Å². The summed E-state index contributed by atoms with van der Waals surface area (Å²) in [6.45, 7) is 9.07. The quantitative estimate of drug-likeness (QED) is 0.643. The predicted octanol–water partition coefficient (Wildman–Crippen LogP) is 4.10. The molecule has 2 aromatic rings. The van der Waals surface area contributed by atoms with Gasteiger partial charge in [0.25, 0.3) is 5.91 Å². The van der Waals surface area contributed by atoms with Crippen molar-refractivity contribution < 1.29 is 23.8 Å². The van der Waals surface area contributed by atoms with Crippen LogP contribution in [0.1, 0.15) is 51.0 Å². The van der Waals surface area contributed by atoms with Crippen molar-refractivity contribution in [2.24, 2.45) is 0 Å². The standard InChI is InChI=1S/C20H26ClN3O5/c1-11(2)24-17(7-8-22-24)23-19(25)13(5)29-20(26)14-9-15(21)18(28-12(3)4)16(10-14)27-6/h7-13H,1-6H3,(H,23,25)/t13-/m0/s1. The molecule has 29 heavy (non-hydrogen) atoms. The van der Waals surface area contributed by atoms with E-state index in [1.807, 2.05) is 27.7 Å². The summed E-state index contributed by atoms with van der Waals surface area (Å²) >= 11 is 6.24. The highest BCUT2D eigenvalue weighted by atomic mass is 35.5. The van der Waals surface area contributed by atoms with E-state index in [-0.39, 0.29) is 22.7 Å². The third kappa shape index (κ3) is 5.63. The van der Waals surface area contributed by atoms with Gasteiger partial charge in [-0.25, -0.2) is 9.48 Å². The predicted molar refractivity (Wildman–Crippen MR) is 110 cm³/mol. The van der Waals surface area contributed by atoms with Crippen LogP contribution in [0.3, 0.4) is 0 Å². The molecule has 8 nitrogen and oxygen atoms in total. The molecule has 0 saturated heterocycles. The Morgan fingerprint density at radius 3 is 2.45 bits per heavy atom.